The molecule has 1 aromatic heterocycles. The van der Waals surface area contributed by atoms with Gasteiger partial charge in [-0.2, -0.15) is 5.10 Å². The smallest absolute Gasteiger partial charge is 0.167 e. The molecule has 2 aromatic carbocycles. The number of aryl methyl sites for hydroxylation is 2. The summed E-state index contributed by atoms with van der Waals surface area (Å²) in [6.07, 6.45) is 0.395. The molecule has 0 saturated heterocycles. The summed E-state index contributed by atoms with van der Waals surface area (Å²) >= 11 is 0. The fourth-order valence-electron chi connectivity index (χ4n) is 3.51. The Balaban J connectivity index is 1.85. The van der Waals surface area contributed by atoms with Gasteiger partial charge in [-0.25, -0.2) is 0 Å². The van der Waals surface area contributed by atoms with Gasteiger partial charge in [-0.05, 0) is 55.2 Å². The number of methoxy groups -OCH3 is 2. The van der Waals surface area contributed by atoms with Crippen molar-refractivity contribution < 1.29 is 14.3 Å². The highest BCUT2D eigenvalue weighted by molar-refractivity contribution is 5.99. The number of nitrogens with zero attached hydrogens (tertiary/aromatic N) is 1. The van der Waals surface area contributed by atoms with Gasteiger partial charge in [0.2, 0.25) is 0 Å². The van der Waals surface area contributed by atoms with Gasteiger partial charge >= 0.3 is 0 Å². The van der Waals surface area contributed by atoms with E-state index >= 15 is 0 Å². The fraction of sp³-hybridized carbons (Fsp3) is 0.304. The molecule has 0 bridgehead atoms. The van der Waals surface area contributed by atoms with Gasteiger partial charge in [-0.15, -0.1) is 0 Å². The molecule has 0 amide bonds. The predicted octanol–water partition coefficient (Wildman–Crippen LogP) is 5.09. The topological polar surface area (TPSA) is 64.2 Å². The van der Waals surface area contributed by atoms with Crippen molar-refractivity contribution in [3.63, 3.8) is 0 Å². The number of benzene rings is 2. The predicted molar refractivity (Wildman–Crippen MR) is 110 cm³/mol. The highest BCUT2D eigenvalue weighted by Gasteiger charge is 2.19. The second kappa shape index (κ2) is 8.30. The van der Waals surface area contributed by atoms with Crippen molar-refractivity contribution in [3.8, 4) is 22.6 Å². The third-order valence-corrected chi connectivity index (χ3v) is 5.07. The van der Waals surface area contributed by atoms with Crippen LogP contribution in [0, 0.1) is 13.8 Å². The molecule has 0 aliphatic heterocycles. The second-order valence-electron chi connectivity index (χ2n) is 7.03. The van der Waals surface area contributed by atoms with Crippen molar-refractivity contribution >= 4 is 5.78 Å². The molecule has 0 spiro atoms. The minimum atomic E-state index is 0.0550. The van der Waals surface area contributed by atoms with Crippen LogP contribution in [0.3, 0.4) is 0 Å². The third kappa shape index (κ3) is 3.93. The highest BCUT2D eigenvalue weighted by Crippen LogP contribution is 2.32. The third-order valence-electron chi connectivity index (χ3n) is 5.07. The van der Waals surface area contributed by atoms with E-state index in [1.165, 1.54) is 0 Å². The molecule has 5 nitrogen and oxygen atoms in total. The van der Waals surface area contributed by atoms with Gasteiger partial charge < -0.3 is 9.47 Å². The van der Waals surface area contributed by atoms with E-state index in [0.717, 1.165) is 33.8 Å². The van der Waals surface area contributed by atoms with E-state index in [9.17, 15) is 4.79 Å². The molecule has 0 fully saturated rings. The number of hydrogen-bond acceptors (Lipinski definition) is 4. The van der Waals surface area contributed by atoms with E-state index in [0.29, 0.717) is 17.7 Å². The standard InChI is InChI=1S/C23H26N2O3/c1-14(17-7-6-8-19(12-17)27-4)11-21(26)20-10-9-18(13-22(20)28-5)23-15(2)24-25-16(23)3/h6-10,12-14H,11H2,1-5H3,(H,24,25)/t14-/m0/s1. The largest absolute Gasteiger partial charge is 0.497 e. The lowest BCUT2D eigenvalue weighted by molar-refractivity contribution is 0.0972. The molecule has 0 radical (unpaired) electrons. The molecule has 5 heteroatoms. The van der Waals surface area contributed by atoms with Crippen LogP contribution in [0.25, 0.3) is 11.1 Å². The fourth-order valence-corrected chi connectivity index (χ4v) is 3.51. The van der Waals surface area contributed by atoms with Gasteiger partial charge in [-0.1, -0.05) is 25.1 Å². The molecule has 0 aliphatic carbocycles. The van der Waals surface area contributed by atoms with Gasteiger partial charge in [0.05, 0.1) is 25.5 Å². The molecular weight excluding hydrogens is 352 g/mol. The Labute approximate surface area is 165 Å². The van der Waals surface area contributed by atoms with Crippen LogP contribution in [-0.2, 0) is 0 Å². The summed E-state index contributed by atoms with van der Waals surface area (Å²) in [7, 11) is 3.24. The summed E-state index contributed by atoms with van der Waals surface area (Å²) in [6, 6.07) is 13.6. The van der Waals surface area contributed by atoms with Crippen LogP contribution >= 0.6 is 0 Å². The summed E-state index contributed by atoms with van der Waals surface area (Å²) in [5.41, 5.74) is 5.61. The van der Waals surface area contributed by atoms with E-state index in [1.807, 2.05) is 63.2 Å². The minimum absolute atomic E-state index is 0.0550. The zero-order valence-corrected chi connectivity index (χ0v) is 17.0. The number of carbonyl (C=O) groups excluding carboxylic acids is 1. The first-order valence-electron chi connectivity index (χ1n) is 9.31. The normalized spacial score (nSPS) is 11.9. The number of H-pyrrole nitrogens is 1. The van der Waals surface area contributed by atoms with Gasteiger partial charge in [0.25, 0.3) is 0 Å². The Morgan fingerprint density at radius 3 is 2.54 bits per heavy atom. The second-order valence-corrected chi connectivity index (χ2v) is 7.03. The molecule has 1 atom stereocenters. The van der Waals surface area contributed by atoms with Crippen molar-refractivity contribution in [3.05, 3.63) is 65.0 Å². The molecule has 146 valence electrons. The molecular formula is C23H26N2O3. The number of ether oxygens (including phenoxy) is 2. The van der Waals surface area contributed by atoms with Crippen LogP contribution in [0.4, 0.5) is 0 Å². The van der Waals surface area contributed by atoms with Gasteiger partial charge in [0, 0.05) is 17.7 Å². The summed E-state index contributed by atoms with van der Waals surface area (Å²) in [6.45, 7) is 5.99. The SMILES string of the molecule is COc1cccc([C@@H](C)CC(=O)c2ccc(-c3c(C)n[nH]c3C)cc2OC)c1. The van der Waals surface area contributed by atoms with Crippen molar-refractivity contribution in [2.24, 2.45) is 0 Å². The Hall–Kier alpha value is -3.08. The van der Waals surface area contributed by atoms with E-state index in [-0.39, 0.29) is 11.7 Å². The lowest BCUT2D eigenvalue weighted by Crippen LogP contribution is -2.07. The first kappa shape index (κ1) is 19.7. The van der Waals surface area contributed by atoms with E-state index in [4.69, 9.17) is 9.47 Å². The number of aromatic nitrogens is 2. The Morgan fingerprint density at radius 2 is 1.89 bits per heavy atom. The van der Waals surface area contributed by atoms with Gasteiger partial charge in [-0.3, -0.25) is 9.89 Å². The number of aromatic amines is 1. The van der Waals surface area contributed by atoms with E-state index < -0.39 is 0 Å². The van der Waals surface area contributed by atoms with Crippen molar-refractivity contribution in [2.75, 3.05) is 14.2 Å². The molecule has 0 saturated carbocycles. The van der Waals surface area contributed by atoms with Gasteiger partial charge in [0.1, 0.15) is 11.5 Å². The van der Waals surface area contributed by atoms with Crippen LogP contribution < -0.4 is 9.47 Å². The van der Waals surface area contributed by atoms with E-state index in [2.05, 4.69) is 10.2 Å². The minimum Gasteiger partial charge on any atom is -0.497 e. The quantitative estimate of drug-likeness (QED) is 0.582. The maximum absolute atomic E-state index is 13.0. The number of nitrogens with one attached hydrogen (secondary N) is 1. The summed E-state index contributed by atoms with van der Waals surface area (Å²) in [5.74, 6) is 1.51. The van der Waals surface area contributed by atoms with Crippen LogP contribution in [0.5, 0.6) is 11.5 Å². The van der Waals surface area contributed by atoms with Crippen LogP contribution in [0.1, 0.15) is 46.6 Å². The highest BCUT2D eigenvalue weighted by atomic mass is 16.5. The molecule has 1 N–H and O–H groups in total. The van der Waals surface area contributed by atoms with Crippen LogP contribution in [-0.4, -0.2) is 30.2 Å². The zero-order valence-electron chi connectivity index (χ0n) is 17.0. The molecule has 0 aliphatic rings. The summed E-state index contributed by atoms with van der Waals surface area (Å²) < 4.78 is 10.8. The van der Waals surface area contributed by atoms with Crippen LogP contribution in [0.2, 0.25) is 0 Å². The molecule has 3 aromatic rings. The molecule has 1 heterocycles. The number of carbonyl (C=O) groups is 1. The average molecular weight is 378 g/mol. The van der Waals surface area contributed by atoms with Crippen molar-refractivity contribution in [1.82, 2.24) is 10.2 Å². The number of rotatable bonds is 7. The molecule has 0 unspecified atom stereocenters. The number of Topliss-reactive ketones (excluding diaryl/α,β-unsaturated/α-hetero) is 1. The number of ketones is 1. The zero-order chi connectivity index (χ0) is 20.3. The van der Waals surface area contributed by atoms with Gasteiger partial charge in [0.15, 0.2) is 5.78 Å². The molecule has 3 rings (SSSR count). The van der Waals surface area contributed by atoms with Crippen LogP contribution in [0.15, 0.2) is 42.5 Å². The first-order chi connectivity index (χ1) is 13.4. The van der Waals surface area contributed by atoms with Crippen molar-refractivity contribution in [2.45, 2.75) is 33.1 Å². The molecule has 28 heavy (non-hydrogen) atoms. The summed E-state index contributed by atoms with van der Waals surface area (Å²) in [5, 5.41) is 7.25. The lowest BCUT2D eigenvalue weighted by Gasteiger charge is -2.15. The lowest BCUT2D eigenvalue weighted by atomic mass is 9.92. The Morgan fingerprint density at radius 1 is 1.11 bits per heavy atom. The maximum Gasteiger partial charge on any atom is 0.167 e. The average Bonchev–Trinajstić information content (AvgIpc) is 3.05. The summed E-state index contributed by atoms with van der Waals surface area (Å²) in [4.78, 5) is 13.0. The maximum atomic E-state index is 13.0. The van der Waals surface area contributed by atoms with E-state index in [1.54, 1.807) is 14.2 Å². The first-order valence-corrected chi connectivity index (χ1v) is 9.31. The Bertz CT molecular complexity index is 972. The number of hydrogen-bond donors (Lipinski definition) is 1. The Kier molecular flexibility index (Phi) is 5.83. The monoisotopic (exact) mass is 378 g/mol. The van der Waals surface area contributed by atoms with Crippen molar-refractivity contribution in [1.29, 1.82) is 0 Å².